The summed E-state index contributed by atoms with van der Waals surface area (Å²) in [5.41, 5.74) is 6.33. The van der Waals surface area contributed by atoms with Crippen molar-refractivity contribution in [3.8, 4) is 5.75 Å². The summed E-state index contributed by atoms with van der Waals surface area (Å²) in [6.07, 6.45) is 3.09. The summed E-state index contributed by atoms with van der Waals surface area (Å²) in [5, 5.41) is 2.99. The molecule has 22 heavy (non-hydrogen) atoms. The van der Waals surface area contributed by atoms with E-state index < -0.39 is 0 Å². The summed E-state index contributed by atoms with van der Waals surface area (Å²) >= 11 is 0. The number of ether oxygens (including phenoxy) is 1. The van der Waals surface area contributed by atoms with Crippen LogP contribution in [-0.4, -0.2) is 25.1 Å². The van der Waals surface area contributed by atoms with Gasteiger partial charge in [-0.15, -0.1) is 12.4 Å². The molecular formula is C17H29ClN2O2. The lowest BCUT2D eigenvalue weighted by atomic mass is 10.1. The van der Waals surface area contributed by atoms with Crippen molar-refractivity contribution in [3.63, 3.8) is 0 Å². The van der Waals surface area contributed by atoms with Crippen molar-refractivity contribution < 1.29 is 9.53 Å². The first-order chi connectivity index (χ1) is 10.1. The van der Waals surface area contributed by atoms with E-state index in [2.05, 4.69) is 26.1 Å². The number of hydrogen-bond donors (Lipinski definition) is 2. The Labute approximate surface area is 140 Å². The molecule has 0 spiro atoms. The van der Waals surface area contributed by atoms with Gasteiger partial charge >= 0.3 is 0 Å². The lowest BCUT2D eigenvalue weighted by Crippen LogP contribution is -2.40. The third-order valence-corrected chi connectivity index (χ3v) is 3.21. The van der Waals surface area contributed by atoms with Gasteiger partial charge in [0.05, 0.1) is 6.61 Å². The molecule has 1 atom stereocenters. The molecule has 0 bridgehead atoms. The van der Waals surface area contributed by atoms with Crippen LogP contribution in [0.5, 0.6) is 5.75 Å². The van der Waals surface area contributed by atoms with Crippen LogP contribution in [0.15, 0.2) is 24.3 Å². The zero-order valence-electron chi connectivity index (χ0n) is 13.8. The van der Waals surface area contributed by atoms with Crippen LogP contribution in [0.1, 0.15) is 50.4 Å². The van der Waals surface area contributed by atoms with E-state index in [-0.39, 0.29) is 24.4 Å². The van der Waals surface area contributed by atoms with Crippen LogP contribution in [0, 0.1) is 5.92 Å². The second-order valence-electron chi connectivity index (χ2n) is 5.78. The summed E-state index contributed by atoms with van der Waals surface area (Å²) in [6.45, 7) is 7.43. The van der Waals surface area contributed by atoms with E-state index >= 15 is 0 Å². The van der Waals surface area contributed by atoms with Crippen LogP contribution < -0.4 is 15.8 Å². The van der Waals surface area contributed by atoms with Gasteiger partial charge in [-0.3, -0.25) is 4.79 Å². The van der Waals surface area contributed by atoms with E-state index in [1.165, 1.54) is 0 Å². The summed E-state index contributed by atoms with van der Waals surface area (Å²) in [5.74, 6) is 1.10. The molecule has 1 aromatic rings. The Morgan fingerprint density at radius 3 is 2.68 bits per heavy atom. The number of benzene rings is 1. The van der Waals surface area contributed by atoms with E-state index in [1.807, 2.05) is 12.1 Å². The van der Waals surface area contributed by atoms with E-state index in [9.17, 15) is 4.79 Å². The van der Waals surface area contributed by atoms with Gasteiger partial charge in [-0.2, -0.15) is 0 Å². The van der Waals surface area contributed by atoms with E-state index in [1.54, 1.807) is 12.1 Å². The van der Waals surface area contributed by atoms with Gasteiger partial charge in [0.25, 0.3) is 5.91 Å². The standard InChI is InChI=1S/C17H28N2O2.ClH/c1-4-5-8-15(11-18)19-17(20)14-7-6-9-16(10-14)21-12-13(2)3;/h6-7,9-10,13,15H,4-5,8,11-12,18H2,1-3H3,(H,19,20);1H. The van der Waals surface area contributed by atoms with Crippen molar-refractivity contribution >= 4 is 18.3 Å². The van der Waals surface area contributed by atoms with Crippen LogP contribution in [-0.2, 0) is 0 Å². The predicted molar refractivity (Wildman–Crippen MR) is 93.9 cm³/mol. The highest BCUT2D eigenvalue weighted by Gasteiger charge is 2.12. The number of halogens is 1. The van der Waals surface area contributed by atoms with Crippen molar-refractivity contribution in [1.29, 1.82) is 0 Å². The molecule has 0 radical (unpaired) electrons. The Morgan fingerprint density at radius 1 is 1.36 bits per heavy atom. The quantitative estimate of drug-likeness (QED) is 0.730. The molecule has 0 aliphatic carbocycles. The molecule has 5 heteroatoms. The zero-order chi connectivity index (χ0) is 15.7. The number of nitrogens with one attached hydrogen (secondary N) is 1. The fourth-order valence-electron chi connectivity index (χ4n) is 1.96. The molecule has 1 amide bonds. The number of hydrogen-bond acceptors (Lipinski definition) is 3. The zero-order valence-corrected chi connectivity index (χ0v) is 14.6. The van der Waals surface area contributed by atoms with E-state index in [0.717, 1.165) is 25.0 Å². The Bertz CT molecular complexity index is 438. The molecule has 0 fully saturated rings. The maximum absolute atomic E-state index is 12.2. The average Bonchev–Trinajstić information content (AvgIpc) is 2.49. The SMILES string of the molecule is CCCCC(CN)NC(=O)c1cccc(OCC(C)C)c1.Cl. The van der Waals surface area contributed by atoms with Crippen molar-refractivity contribution in [2.45, 2.75) is 46.1 Å². The number of unbranched alkanes of at least 4 members (excludes halogenated alkanes) is 1. The topological polar surface area (TPSA) is 64.3 Å². The molecule has 0 saturated heterocycles. The molecule has 0 aromatic heterocycles. The molecule has 3 N–H and O–H groups in total. The number of rotatable bonds is 9. The predicted octanol–water partition coefficient (Wildman–Crippen LogP) is 3.39. The fourth-order valence-corrected chi connectivity index (χ4v) is 1.96. The number of nitrogens with two attached hydrogens (primary N) is 1. The van der Waals surface area contributed by atoms with Gasteiger partial charge in [-0.25, -0.2) is 0 Å². The second-order valence-corrected chi connectivity index (χ2v) is 5.78. The summed E-state index contributed by atoms with van der Waals surface area (Å²) in [6, 6.07) is 7.33. The van der Waals surface area contributed by atoms with Crippen molar-refractivity contribution in [3.05, 3.63) is 29.8 Å². The first-order valence-electron chi connectivity index (χ1n) is 7.80. The molecule has 0 heterocycles. The van der Waals surface area contributed by atoms with Gasteiger partial charge in [0, 0.05) is 18.2 Å². The summed E-state index contributed by atoms with van der Waals surface area (Å²) in [7, 11) is 0. The van der Waals surface area contributed by atoms with Crippen LogP contribution in [0.2, 0.25) is 0 Å². The third kappa shape index (κ3) is 7.66. The molecule has 1 aromatic carbocycles. The van der Waals surface area contributed by atoms with Crippen LogP contribution in [0.3, 0.4) is 0 Å². The van der Waals surface area contributed by atoms with Crippen LogP contribution in [0.4, 0.5) is 0 Å². The van der Waals surface area contributed by atoms with Gasteiger partial charge in [-0.1, -0.05) is 39.7 Å². The normalized spacial score (nSPS) is 11.7. The number of carbonyl (C=O) groups is 1. The van der Waals surface area contributed by atoms with E-state index in [0.29, 0.717) is 24.6 Å². The molecule has 0 aliphatic rings. The Kier molecular flexibility index (Phi) is 10.7. The van der Waals surface area contributed by atoms with Crippen LogP contribution >= 0.6 is 12.4 Å². The monoisotopic (exact) mass is 328 g/mol. The van der Waals surface area contributed by atoms with Gasteiger partial charge in [-0.05, 0) is 30.5 Å². The van der Waals surface area contributed by atoms with Crippen molar-refractivity contribution in [2.24, 2.45) is 11.7 Å². The molecule has 1 unspecified atom stereocenters. The Balaban J connectivity index is 0.00000441. The first-order valence-corrected chi connectivity index (χ1v) is 7.80. The number of carbonyl (C=O) groups excluding carboxylic acids is 1. The first kappa shape index (κ1) is 20.7. The molecule has 0 aliphatic heterocycles. The van der Waals surface area contributed by atoms with Crippen molar-refractivity contribution in [1.82, 2.24) is 5.32 Å². The van der Waals surface area contributed by atoms with Gasteiger partial charge < -0.3 is 15.8 Å². The minimum atomic E-state index is -0.0865. The molecule has 0 saturated carbocycles. The lowest BCUT2D eigenvalue weighted by molar-refractivity contribution is 0.0935. The van der Waals surface area contributed by atoms with Gasteiger partial charge in [0.15, 0.2) is 0 Å². The van der Waals surface area contributed by atoms with Crippen LogP contribution in [0.25, 0.3) is 0 Å². The second kappa shape index (κ2) is 11.3. The minimum absolute atomic E-state index is 0. The molecule has 1 rings (SSSR count). The highest BCUT2D eigenvalue weighted by molar-refractivity contribution is 5.94. The van der Waals surface area contributed by atoms with Gasteiger partial charge in [0.2, 0.25) is 0 Å². The summed E-state index contributed by atoms with van der Waals surface area (Å²) in [4.78, 5) is 12.2. The smallest absolute Gasteiger partial charge is 0.251 e. The lowest BCUT2D eigenvalue weighted by Gasteiger charge is -2.17. The average molecular weight is 329 g/mol. The number of amides is 1. The highest BCUT2D eigenvalue weighted by Crippen LogP contribution is 2.14. The third-order valence-electron chi connectivity index (χ3n) is 3.21. The Morgan fingerprint density at radius 2 is 2.09 bits per heavy atom. The Hall–Kier alpha value is -1.26. The summed E-state index contributed by atoms with van der Waals surface area (Å²) < 4.78 is 5.65. The van der Waals surface area contributed by atoms with E-state index in [4.69, 9.17) is 10.5 Å². The van der Waals surface area contributed by atoms with Crippen molar-refractivity contribution in [2.75, 3.05) is 13.2 Å². The molecule has 4 nitrogen and oxygen atoms in total. The minimum Gasteiger partial charge on any atom is -0.493 e. The van der Waals surface area contributed by atoms with Gasteiger partial charge in [0.1, 0.15) is 5.75 Å². The molecule has 126 valence electrons. The highest BCUT2D eigenvalue weighted by atomic mass is 35.5. The fraction of sp³-hybridized carbons (Fsp3) is 0.588. The largest absolute Gasteiger partial charge is 0.493 e. The maximum atomic E-state index is 12.2. The molecular weight excluding hydrogens is 300 g/mol. The maximum Gasteiger partial charge on any atom is 0.251 e.